The number of carbonyl (C=O) groups excluding carboxylic acids is 2. The van der Waals surface area contributed by atoms with Crippen LogP contribution in [0.25, 0.3) is 0 Å². The van der Waals surface area contributed by atoms with E-state index in [1.165, 1.54) is 18.3 Å². The van der Waals surface area contributed by atoms with E-state index in [0.717, 1.165) is 19.3 Å². The Morgan fingerprint density at radius 2 is 1.86 bits per heavy atom. The summed E-state index contributed by atoms with van der Waals surface area (Å²) in [5, 5.41) is 6.66. The summed E-state index contributed by atoms with van der Waals surface area (Å²) in [4.78, 5) is 28.6. The molecule has 4 rings (SSSR count). The molecule has 0 spiro atoms. The standard InChI is InChI=1S/C22H23ClFN3O2/c1-2-18(27-21(28)12-5-7-13(23)8-6-12)19-15-10-14(11-16(15)19)26-22(29)20-17(24)4-3-9-25-20/h3-9,14-16,18-19H,2,10-11H2,1H3,(H,26,29)(H,27,28)/t14-,15+,16-,18?,19-. The van der Waals surface area contributed by atoms with Gasteiger partial charge in [-0.1, -0.05) is 18.5 Å². The lowest BCUT2D eigenvalue weighted by Gasteiger charge is -2.22. The molecule has 152 valence electrons. The third-order valence-electron chi connectivity index (χ3n) is 6.15. The van der Waals surface area contributed by atoms with Gasteiger partial charge in [0.15, 0.2) is 11.5 Å². The van der Waals surface area contributed by atoms with E-state index in [0.29, 0.717) is 28.3 Å². The Kier molecular flexibility index (Phi) is 5.54. The highest BCUT2D eigenvalue weighted by molar-refractivity contribution is 6.30. The van der Waals surface area contributed by atoms with Crippen molar-refractivity contribution < 1.29 is 14.0 Å². The number of rotatable bonds is 6. The molecule has 1 aromatic heterocycles. The number of benzene rings is 1. The largest absolute Gasteiger partial charge is 0.349 e. The fourth-order valence-corrected chi connectivity index (χ4v) is 4.86. The minimum Gasteiger partial charge on any atom is -0.349 e. The molecule has 5 atom stereocenters. The Balaban J connectivity index is 1.31. The van der Waals surface area contributed by atoms with E-state index in [-0.39, 0.29) is 23.7 Å². The van der Waals surface area contributed by atoms with Crippen LogP contribution >= 0.6 is 11.6 Å². The molecule has 0 saturated heterocycles. The second-order valence-electron chi connectivity index (χ2n) is 7.88. The summed E-state index contributed by atoms with van der Waals surface area (Å²) in [5.74, 6) is 0.217. The average Bonchev–Trinajstić information content (AvgIpc) is 3.20. The highest BCUT2D eigenvalue weighted by atomic mass is 35.5. The normalized spacial score (nSPS) is 25.8. The maximum absolute atomic E-state index is 13.7. The number of hydrogen-bond acceptors (Lipinski definition) is 3. The van der Waals surface area contributed by atoms with Gasteiger partial charge in [0.1, 0.15) is 0 Å². The predicted octanol–water partition coefficient (Wildman–Crippen LogP) is 3.84. The Morgan fingerprint density at radius 3 is 2.48 bits per heavy atom. The molecule has 1 unspecified atom stereocenters. The van der Waals surface area contributed by atoms with Gasteiger partial charge in [0.25, 0.3) is 11.8 Å². The van der Waals surface area contributed by atoms with Crippen molar-refractivity contribution in [1.82, 2.24) is 15.6 Å². The molecule has 2 aromatic rings. The molecule has 2 fully saturated rings. The molecule has 2 N–H and O–H groups in total. The molecular weight excluding hydrogens is 393 g/mol. The molecular formula is C22H23ClFN3O2. The van der Waals surface area contributed by atoms with Gasteiger partial charge in [0.2, 0.25) is 0 Å². The Morgan fingerprint density at radius 1 is 1.17 bits per heavy atom. The first-order valence-corrected chi connectivity index (χ1v) is 10.3. The van der Waals surface area contributed by atoms with Crippen LogP contribution in [-0.4, -0.2) is 28.9 Å². The number of fused-ring (bicyclic) bond motifs is 1. The first kappa shape index (κ1) is 19.8. The van der Waals surface area contributed by atoms with Crippen LogP contribution in [0, 0.1) is 23.6 Å². The second-order valence-corrected chi connectivity index (χ2v) is 8.31. The Bertz CT molecular complexity index is 909. The van der Waals surface area contributed by atoms with Gasteiger partial charge in [-0.05, 0) is 73.4 Å². The number of nitrogens with one attached hydrogen (secondary N) is 2. The van der Waals surface area contributed by atoms with E-state index >= 15 is 0 Å². The summed E-state index contributed by atoms with van der Waals surface area (Å²) in [6.07, 6.45) is 3.97. The highest BCUT2D eigenvalue weighted by Crippen LogP contribution is 2.59. The predicted molar refractivity (Wildman–Crippen MR) is 108 cm³/mol. The van der Waals surface area contributed by atoms with Crippen LogP contribution in [0.4, 0.5) is 4.39 Å². The van der Waals surface area contributed by atoms with Gasteiger partial charge < -0.3 is 10.6 Å². The van der Waals surface area contributed by atoms with Gasteiger partial charge >= 0.3 is 0 Å². The van der Waals surface area contributed by atoms with Crippen LogP contribution in [0.5, 0.6) is 0 Å². The number of hydrogen-bond donors (Lipinski definition) is 2. The number of aromatic nitrogens is 1. The van der Waals surface area contributed by atoms with Crippen LogP contribution in [0.1, 0.15) is 47.0 Å². The summed E-state index contributed by atoms with van der Waals surface area (Å²) in [7, 11) is 0. The summed E-state index contributed by atoms with van der Waals surface area (Å²) in [6, 6.07) is 9.70. The van der Waals surface area contributed by atoms with Gasteiger partial charge in [-0.15, -0.1) is 0 Å². The Labute approximate surface area is 174 Å². The van der Waals surface area contributed by atoms with Crippen molar-refractivity contribution in [3.05, 3.63) is 64.7 Å². The maximum Gasteiger partial charge on any atom is 0.273 e. The second kappa shape index (κ2) is 8.11. The summed E-state index contributed by atoms with van der Waals surface area (Å²) in [5.41, 5.74) is 0.437. The SMILES string of the molecule is CCC(NC(=O)c1ccc(Cl)cc1)[C@H]1[C@@H]2C[C@H](NC(=O)c3ncccc3F)C[C@@H]21. The van der Waals surface area contributed by atoms with Crippen molar-refractivity contribution in [2.75, 3.05) is 0 Å². The summed E-state index contributed by atoms with van der Waals surface area (Å²) < 4.78 is 13.7. The molecule has 7 heteroatoms. The summed E-state index contributed by atoms with van der Waals surface area (Å²) >= 11 is 5.89. The number of amides is 2. The molecule has 0 aliphatic heterocycles. The maximum atomic E-state index is 13.7. The molecule has 5 nitrogen and oxygen atoms in total. The highest BCUT2D eigenvalue weighted by Gasteiger charge is 2.58. The van der Waals surface area contributed by atoms with Crippen molar-refractivity contribution in [2.24, 2.45) is 17.8 Å². The molecule has 29 heavy (non-hydrogen) atoms. The van der Waals surface area contributed by atoms with E-state index in [9.17, 15) is 14.0 Å². The first-order chi connectivity index (χ1) is 14.0. The first-order valence-electron chi connectivity index (χ1n) is 9.95. The van der Waals surface area contributed by atoms with Crippen molar-refractivity contribution >= 4 is 23.4 Å². The van der Waals surface area contributed by atoms with E-state index in [1.54, 1.807) is 24.3 Å². The molecule has 2 saturated carbocycles. The molecule has 2 aliphatic carbocycles. The number of nitrogens with zero attached hydrogens (tertiary/aromatic N) is 1. The quantitative estimate of drug-likeness (QED) is 0.753. The number of halogens is 2. The molecule has 1 aromatic carbocycles. The van der Waals surface area contributed by atoms with Gasteiger partial charge in [-0.25, -0.2) is 9.37 Å². The third-order valence-corrected chi connectivity index (χ3v) is 6.40. The zero-order chi connectivity index (χ0) is 20.5. The molecule has 1 heterocycles. The molecule has 2 amide bonds. The van der Waals surface area contributed by atoms with Crippen LogP contribution in [0.3, 0.4) is 0 Å². The van der Waals surface area contributed by atoms with Crippen molar-refractivity contribution in [2.45, 2.75) is 38.3 Å². The fraction of sp³-hybridized carbons (Fsp3) is 0.409. The van der Waals surface area contributed by atoms with E-state index < -0.39 is 11.7 Å². The minimum absolute atomic E-state index is 0.0274. The van der Waals surface area contributed by atoms with Crippen LogP contribution in [0.2, 0.25) is 5.02 Å². The monoisotopic (exact) mass is 415 g/mol. The molecule has 2 aliphatic rings. The number of pyridine rings is 1. The van der Waals surface area contributed by atoms with E-state index in [1.807, 2.05) is 0 Å². The number of carbonyl (C=O) groups is 2. The zero-order valence-electron chi connectivity index (χ0n) is 16.1. The lowest BCUT2D eigenvalue weighted by atomic mass is 9.99. The van der Waals surface area contributed by atoms with Gasteiger partial charge in [0.05, 0.1) is 0 Å². The Hall–Kier alpha value is -2.47. The van der Waals surface area contributed by atoms with Crippen LogP contribution in [-0.2, 0) is 0 Å². The molecule has 0 bridgehead atoms. The van der Waals surface area contributed by atoms with Crippen LogP contribution < -0.4 is 10.6 Å². The lowest BCUT2D eigenvalue weighted by molar-refractivity contribution is 0.0923. The van der Waals surface area contributed by atoms with Crippen LogP contribution in [0.15, 0.2) is 42.6 Å². The van der Waals surface area contributed by atoms with Gasteiger partial charge in [-0.2, -0.15) is 0 Å². The van der Waals surface area contributed by atoms with E-state index in [4.69, 9.17) is 11.6 Å². The van der Waals surface area contributed by atoms with Crippen molar-refractivity contribution in [3.63, 3.8) is 0 Å². The van der Waals surface area contributed by atoms with Gasteiger partial charge in [0, 0.05) is 28.9 Å². The fourth-order valence-electron chi connectivity index (χ4n) is 4.74. The third kappa shape index (κ3) is 4.13. The minimum atomic E-state index is -0.609. The topological polar surface area (TPSA) is 71.1 Å². The smallest absolute Gasteiger partial charge is 0.273 e. The van der Waals surface area contributed by atoms with Gasteiger partial charge in [-0.3, -0.25) is 9.59 Å². The average molecular weight is 416 g/mol. The van der Waals surface area contributed by atoms with Crippen molar-refractivity contribution in [1.29, 1.82) is 0 Å². The lowest BCUT2D eigenvalue weighted by Crippen LogP contribution is -2.39. The van der Waals surface area contributed by atoms with Crippen molar-refractivity contribution in [3.8, 4) is 0 Å². The zero-order valence-corrected chi connectivity index (χ0v) is 16.8. The summed E-state index contributed by atoms with van der Waals surface area (Å²) in [6.45, 7) is 2.07. The molecule has 0 radical (unpaired) electrons. The van der Waals surface area contributed by atoms with E-state index in [2.05, 4.69) is 22.5 Å².